The van der Waals surface area contributed by atoms with Gasteiger partial charge in [-0.05, 0) is 6.08 Å². The van der Waals surface area contributed by atoms with Crippen LogP contribution in [0.25, 0.3) is 0 Å². The number of nitrogens with zero attached hydrogens (tertiary/aromatic N) is 1. The maximum Gasteiger partial charge on any atom is 0.332 e. The molecule has 1 atom stereocenters. The molecule has 4 heteroatoms. The topological polar surface area (TPSA) is 50.1 Å². The monoisotopic (exact) mass is 141 g/mol. The Morgan fingerprint density at radius 2 is 2.67 bits per heavy atom. The van der Waals surface area contributed by atoms with Crippen LogP contribution in [-0.2, 0) is 9.53 Å². The van der Waals surface area contributed by atoms with E-state index in [1.165, 1.54) is 6.08 Å². The van der Waals surface area contributed by atoms with Crippen molar-refractivity contribution in [2.45, 2.75) is 5.44 Å². The predicted molar refractivity (Wildman–Crippen MR) is 32.2 cm³/mol. The second kappa shape index (κ2) is 2.55. The largest absolute Gasteiger partial charge is 0.443 e. The Balaban J connectivity index is 2.43. The summed E-state index contributed by atoms with van der Waals surface area (Å²) in [5.74, 6) is -0.372. The number of rotatable bonds is 1. The first-order valence-electron chi connectivity index (χ1n) is 2.26. The molecule has 9 heavy (non-hydrogen) atoms. The van der Waals surface area contributed by atoms with E-state index in [0.717, 1.165) is 11.8 Å². The fraction of sp³-hybridized carbons (Fsp3) is 0.200. The Morgan fingerprint density at radius 3 is 3.11 bits per heavy atom. The molecule has 0 spiro atoms. The molecular formula is C5H3NO2S. The molecule has 1 aliphatic heterocycles. The average molecular weight is 141 g/mol. The third kappa shape index (κ3) is 1.47. The molecule has 3 nitrogen and oxygen atoms in total. The lowest BCUT2D eigenvalue weighted by atomic mass is 10.6. The minimum absolute atomic E-state index is 0.372. The standard InChI is InChI=1S/C5H3NO2S/c6-3-9-5-2-1-4(7)8-5/h1-2,5H. The van der Waals surface area contributed by atoms with Crippen LogP contribution in [0.1, 0.15) is 0 Å². The number of carbonyl (C=O) groups is 1. The van der Waals surface area contributed by atoms with Crippen LogP contribution in [-0.4, -0.2) is 11.4 Å². The van der Waals surface area contributed by atoms with Gasteiger partial charge in [-0.2, -0.15) is 5.26 Å². The summed E-state index contributed by atoms with van der Waals surface area (Å²) in [4.78, 5) is 10.3. The van der Waals surface area contributed by atoms with Crippen LogP contribution in [0, 0.1) is 10.7 Å². The molecule has 0 aromatic heterocycles. The number of hydrogen-bond donors (Lipinski definition) is 0. The zero-order valence-corrected chi connectivity index (χ0v) is 5.22. The highest BCUT2D eigenvalue weighted by atomic mass is 32.2. The van der Waals surface area contributed by atoms with Crippen LogP contribution in [0.2, 0.25) is 0 Å². The van der Waals surface area contributed by atoms with E-state index >= 15 is 0 Å². The summed E-state index contributed by atoms with van der Waals surface area (Å²) in [5, 5.41) is 9.92. The summed E-state index contributed by atoms with van der Waals surface area (Å²) in [5.41, 5.74) is -0.387. The highest BCUT2D eigenvalue weighted by molar-refractivity contribution is 8.04. The van der Waals surface area contributed by atoms with Gasteiger partial charge < -0.3 is 4.74 Å². The van der Waals surface area contributed by atoms with Gasteiger partial charge in [-0.1, -0.05) is 0 Å². The number of ether oxygens (including phenoxy) is 1. The maximum absolute atomic E-state index is 10.3. The molecular weight excluding hydrogens is 138 g/mol. The molecule has 0 aliphatic carbocycles. The Morgan fingerprint density at radius 1 is 1.89 bits per heavy atom. The lowest BCUT2D eigenvalue weighted by Gasteiger charge is -1.98. The van der Waals surface area contributed by atoms with Gasteiger partial charge in [0.1, 0.15) is 5.40 Å². The summed E-state index contributed by atoms with van der Waals surface area (Å²) in [6.45, 7) is 0. The Hall–Kier alpha value is -0.950. The van der Waals surface area contributed by atoms with Gasteiger partial charge in [0.05, 0.1) is 0 Å². The minimum Gasteiger partial charge on any atom is -0.443 e. The normalized spacial score (nSPS) is 23.4. The lowest BCUT2D eigenvalue weighted by molar-refractivity contribution is -0.135. The van der Waals surface area contributed by atoms with Crippen molar-refractivity contribution in [3.05, 3.63) is 12.2 Å². The number of cyclic esters (lactones) is 1. The van der Waals surface area contributed by atoms with Crippen LogP contribution in [0.3, 0.4) is 0 Å². The van der Waals surface area contributed by atoms with E-state index in [4.69, 9.17) is 5.26 Å². The molecule has 0 bridgehead atoms. The molecule has 0 aromatic carbocycles. The summed E-state index contributed by atoms with van der Waals surface area (Å²) in [7, 11) is 0. The van der Waals surface area contributed by atoms with Gasteiger partial charge in [-0.25, -0.2) is 4.79 Å². The number of thioether (sulfide) groups is 1. The van der Waals surface area contributed by atoms with Crippen molar-refractivity contribution >= 4 is 17.7 Å². The molecule has 0 radical (unpaired) electrons. The van der Waals surface area contributed by atoms with Crippen LogP contribution in [0.15, 0.2) is 12.2 Å². The Labute approximate surface area is 56.3 Å². The quantitative estimate of drug-likeness (QED) is 0.397. The molecule has 0 N–H and O–H groups in total. The number of thiocyanates is 1. The van der Waals surface area contributed by atoms with Gasteiger partial charge in [0.15, 0.2) is 5.44 Å². The van der Waals surface area contributed by atoms with Gasteiger partial charge in [-0.3, -0.25) is 0 Å². The predicted octanol–water partition coefficient (Wildman–Crippen LogP) is 0.640. The lowest BCUT2D eigenvalue weighted by Crippen LogP contribution is -2.00. The van der Waals surface area contributed by atoms with Crippen molar-refractivity contribution in [3.8, 4) is 5.40 Å². The molecule has 1 unspecified atom stereocenters. The third-order valence-corrected chi connectivity index (χ3v) is 1.38. The van der Waals surface area contributed by atoms with E-state index in [1.807, 2.05) is 5.40 Å². The van der Waals surface area contributed by atoms with Crippen molar-refractivity contribution in [2.24, 2.45) is 0 Å². The summed E-state index contributed by atoms with van der Waals surface area (Å²) < 4.78 is 4.59. The van der Waals surface area contributed by atoms with Crippen LogP contribution < -0.4 is 0 Å². The second-order valence-corrected chi connectivity index (χ2v) is 2.26. The summed E-state index contributed by atoms with van der Waals surface area (Å²) in [6, 6.07) is 0. The average Bonchev–Trinajstić information content (AvgIpc) is 2.17. The molecule has 0 saturated heterocycles. The van der Waals surface area contributed by atoms with E-state index in [9.17, 15) is 4.79 Å². The highest BCUT2D eigenvalue weighted by Crippen LogP contribution is 2.16. The Bertz CT molecular complexity index is 194. The third-order valence-electron chi connectivity index (χ3n) is 0.791. The smallest absolute Gasteiger partial charge is 0.332 e. The van der Waals surface area contributed by atoms with Crippen LogP contribution >= 0.6 is 11.8 Å². The molecule has 1 rings (SSSR count). The number of nitriles is 1. The SMILES string of the molecule is N#CSC1C=CC(=O)O1. The van der Waals surface area contributed by atoms with Crippen molar-refractivity contribution in [1.29, 1.82) is 5.26 Å². The van der Waals surface area contributed by atoms with E-state index in [-0.39, 0.29) is 11.4 Å². The summed E-state index contributed by atoms with van der Waals surface area (Å²) in [6.07, 6.45) is 2.87. The second-order valence-electron chi connectivity index (χ2n) is 1.37. The van der Waals surface area contributed by atoms with Gasteiger partial charge in [0, 0.05) is 17.8 Å². The van der Waals surface area contributed by atoms with Gasteiger partial charge in [0.2, 0.25) is 0 Å². The molecule has 0 fully saturated rings. The van der Waals surface area contributed by atoms with Gasteiger partial charge in [-0.15, -0.1) is 0 Å². The van der Waals surface area contributed by atoms with E-state index in [2.05, 4.69) is 4.74 Å². The zero-order valence-electron chi connectivity index (χ0n) is 4.40. The minimum atomic E-state index is -0.387. The number of carbonyl (C=O) groups excluding carboxylic acids is 1. The van der Waals surface area contributed by atoms with Crippen LogP contribution in [0.4, 0.5) is 0 Å². The maximum atomic E-state index is 10.3. The first-order valence-corrected chi connectivity index (χ1v) is 3.14. The first-order chi connectivity index (χ1) is 4.33. The number of esters is 1. The van der Waals surface area contributed by atoms with Crippen molar-refractivity contribution in [2.75, 3.05) is 0 Å². The zero-order chi connectivity index (χ0) is 6.69. The fourth-order valence-corrected chi connectivity index (χ4v) is 0.869. The summed E-state index contributed by atoms with van der Waals surface area (Å²) >= 11 is 0.918. The van der Waals surface area contributed by atoms with Gasteiger partial charge in [0.25, 0.3) is 0 Å². The van der Waals surface area contributed by atoms with Crippen LogP contribution in [0.5, 0.6) is 0 Å². The molecule has 0 amide bonds. The van der Waals surface area contributed by atoms with E-state index in [1.54, 1.807) is 6.08 Å². The number of hydrogen-bond acceptors (Lipinski definition) is 4. The molecule has 1 aliphatic rings. The van der Waals surface area contributed by atoms with Crippen molar-refractivity contribution in [1.82, 2.24) is 0 Å². The molecule has 1 heterocycles. The molecule has 46 valence electrons. The van der Waals surface area contributed by atoms with Crippen molar-refractivity contribution < 1.29 is 9.53 Å². The van der Waals surface area contributed by atoms with Gasteiger partial charge >= 0.3 is 5.97 Å². The Kier molecular flexibility index (Phi) is 1.75. The van der Waals surface area contributed by atoms with E-state index < -0.39 is 0 Å². The molecule has 0 aromatic rings. The van der Waals surface area contributed by atoms with E-state index in [0.29, 0.717) is 0 Å². The fourth-order valence-electron chi connectivity index (χ4n) is 0.465. The molecule has 0 saturated carbocycles. The highest BCUT2D eigenvalue weighted by Gasteiger charge is 2.15. The first kappa shape index (κ1) is 6.17. The van der Waals surface area contributed by atoms with Crippen molar-refractivity contribution in [3.63, 3.8) is 0 Å².